The van der Waals surface area contributed by atoms with Gasteiger partial charge in [0.1, 0.15) is 18.3 Å². The number of amides is 2. The largest absolute Gasteiger partial charge is 0.494 e. The number of carbonyl (C=O) groups is 2. The summed E-state index contributed by atoms with van der Waals surface area (Å²) in [5.41, 5.74) is 4.09. The Balaban J connectivity index is 1.55. The van der Waals surface area contributed by atoms with Crippen LogP contribution in [0.15, 0.2) is 108 Å². The number of carbonyl (C=O) groups excluding carboxylic acids is 2. The molecule has 9 heteroatoms. The van der Waals surface area contributed by atoms with Crippen LogP contribution in [-0.2, 0) is 32.6 Å². The van der Waals surface area contributed by atoms with Gasteiger partial charge >= 0.3 is 0 Å². The van der Waals surface area contributed by atoms with E-state index in [1.807, 2.05) is 87.5 Å². The first-order valence-corrected chi connectivity index (χ1v) is 18.1. The van der Waals surface area contributed by atoms with Crippen molar-refractivity contribution in [2.45, 2.75) is 76.4 Å². The molecule has 1 aliphatic rings. The molecule has 0 aromatic heterocycles. The zero-order chi connectivity index (χ0) is 34.1. The van der Waals surface area contributed by atoms with Crippen LogP contribution in [0.4, 0.5) is 5.69 Å². The Morgan fingerprint density at radius 3 is 2.15 bits per heavy atom. The first-order valence-electron chi connectivity index (χ1n) is 16.7. The molecule has 252 valence electrons. The fourth-order valence-electron chi connectivity index (χ4n) is 6.17. The Hall–Kier alpha value is -4.63. The predicted octanol–water partition coefficient (Wildman–Crippen LogP) is 6.60. The topological polar surface area (TPSA) is 96.0 Å². The lowest BCUT2D eigenvalue weighted by atomic mass is 10.0. The molecule has 2 amide bonds. The van der Waals surface area contributed by atoms with E-state index in [1.54, 1.807) is 29.2 Å². The number of anilines is 1. The molecule has 4 aromatic carbocycles. The van der Waals surface area contributed by atoms with Crippen molar-refractivity contribution >= 4 is 27.5 Å². The molecule has 0 radical (unpaired) electrons. The zero-order valence-corrected chi connectivity index (χ0v) is 28.8. The first kappa shape index (κ1) is 34.7. The second-order valence-electron chi connectivity index (χ2n) is 12.5. The number of nitrogens with one attached hydrogen (secondary N) is 1. The number of hydrogen-bond donors (Lipinski definition) is 1. The number of aryl methyl sites for hydroxylation is 2. The number of sulfonamides is 1. The highest BCUT2D eigenvalue weighted by Crippen LogP contribution is 2.27. The van der Waals surface area contributed by atoms with Crippen molar-refractivity contribution in [1.29, 1.82) is 0 Å². The third-order valence-electron chi connectivity index (χ3n) is 8.73. The molecule has 1 aliphatic carbocycles. The van der Waals surface area contributed by atoms with Gasteiger partial charge in [0.2, 0.25) is 11.8 Å². The Labute approximate surface area is 284 Å². The van der Waals surface area contributed by atoms with Crippen molar-refractivity contribution in [3.05, 3.63) is 125 Å². The lowest BCUT2D eigenvalue weighted by Gasteiger charge is -2.34. The molecule has 0 bridgehead atoms. The van der Waals surface area contributed by atoms with Gasteiger partial charge in [-0.3, -0.25) is 13.9 Å². The summed E-state index contributed by atoms with van der Waals surface area (Å²) in [5, 5.41) is 3.22. The molecule has 1 atom stereocenters. The maximum atomic E-state index is 14.7. The minimum atomic E-state index is -4.20. The quantitative estimate of drug-likeness (QED) is 0.164. The van der Waals surface area contributed by atoms with E-state index in [0.29, 0.717) is 18.0 Å². The number of hydrogen-bond acceptors (Lipinski definition) is 5. The minimum absolute atomic E-state index is 0.0318. The number of nitrogens with zero attached hydrogens (tertiary/aromatic N) is 2. The van der Waals surface area contributed by atoms with Crippen LogP contribution >= 0.6 is 0 Å². The SMILES string of the molecule is CCOc1ccc(S(=O)(=O)N(CC(=O)N(Cc2cccc(C)c2)[C@@H](Cc2ccccc2)C(=O)NC2CCCC2)c2ccc(C)cc2)cc1. The summed E-state index contributed by atoms with van der Waals surface area (Å²) < 4.78 is 35.3. The molecule has 1 fully saturated rings. The molecule has 0 heterocycles. The van der Waals surface area contributed by atoms with Crippen LogP contribution in [0.2, 0.25) is 0 Å². The fourth-order valence-corrected chi connectivity index (χ4v) is 7.58. The lowest BCUT2D eigenvalue weighted by molar-refractivity contribution is -0.140. The fraction of sp³-hybridized carbons (Fsp3) is 0.333. The van der Waals surface area contributed by atoms with Gasteiger partial charge in [-0.1, -0.05) is 90.7 Å². The van der Waals surface area contributed by atoms with Gasteiger partial charge in [-0.15, -0.1) is 0 Å². The number of rotatable bonds is 14. The third kappa shape index (κ3) is 8.83. The summed E-state index contributed by atoms with van der Waals surface area (Å²) in [6.45, 7) is 5.85. The van der Waals surface area contributed by atoms with E-state index in [1.165, 1.54) is 12.1 Å². The Morgan fingerprint density at radius 1 is 0.833 bits per heavy atom. The average Bonchev–Trinajstić information content (AvgIpc) is 3.59. The zero-order valence-electron chi connectivity index (χ0n) is 28.0. The minimum Gasteiger partial charge on any atom is -0.494 e. The van der Waals surface area contributed by atoms with E-state index in [0.717, 1.165) is 52.2 Å². The summed E-state index contributed by atoms with van der Waals surface area (Å²) >= 11 is 0. The predicted molar refractivity (Wildman–Crippen MR) is 189 cm³/mol. The van der Waals surface area contributed by atoms with E-state index in [-0.39, 0.29) is 29.8 Å². The van der Waals surface area contributed by atoms with E-state index in [9.17, 15) is 18.0 Å². The van der Waals surface area contributed by atoms with Crippen LogP contribution in [0.25, 0.3) is 0 Å². The van der Waals surface area contributed by atoms with Gasteiger partial charge in [0.15, 0.2) is 0 Å². The van der Waals surface area contributed by atoms with Crippen LogP contribution in [0.1, 0.15) is 54.9 Å². The maximum Gasteiger partial charge on any atom is 0.264 e. The van der Waals surface area contributed by atoms with Crippen molar-refractivity contribution in [1.82, 2.24) is 10.2 Å². The summed E-state index contributed by atoms with van der Waals surface area (Å²) in [6.07, 6.45) is 4.19. The van der Waals surface area contributed by atoms with Gasteiger partial charge in [0.05, 0.1) is 17.2 Å². The molecule has 0 saturated heterocycles. The summed E-state index contributed by atoms with van der Waals surface area (Å²) in [6, 6.07) is 29.9. The molecular formula is C39H45N3O5S. The van der Waals surface area contributed by atoms with Crippen molar-refractivity contribution < 1.29 is 22.7 Å². The molecule has 1 saturated carbocycles. The van der Waals surface area contributed by atoms with Crippen LogP contribution in [0.3, 0.4) is 0 Å². The van der Waals surface area contributed by atoms with Gasteiger partial charge in [0.25, 0.3) is 10.0 Å². The monoisotopic (exact) mass is 667 g/mol. The van der Waals surface area contributed by atoms with E-state index < -0.39 is 28.5 Å². The van der Waals surface area contributed by atoms with Crippen molar-refractivity contribution in [2.75, 3.05) is 17.5 Å². The molecule has 0 aliphatic heterocycles. The Morgan fingerprint density at radius 2 is 1.50 bits per heavy atom. The maximum absolute atomic E-state index is 14.7. The molecular weight excluding hydrogens is 623 g/mol. The van der Waals surface area contributed by atoms with Gasteiger partial charge in [-0.25, -0.2) is 8.42 Å². The van der Waals surface area contributed by atoms with E-state index in [4.69, 9.17) is 4.74 Å². The van der Waals surface area contributed by atoms with Crippen LogP contribution < -0.4 is 14.4 Å². The van der Waals surface area contributed by atoms with Gasteiger partial charge in [-0.2, -0.15) is 0 Å². The Bertz CT molecular complexity index is 1770. The van der Waals surface area contributed by atoms with E-state index in [2.05, 4.69) is 5.32 Å². The highest BCUT2D eigenvalue weighted by molar-refractivity contribution is 7.92. The van der Waals surface area contributed by atoms with Crippen LogP contribution in [0, 0.1) is 13.8 Å². The molecule has 4 aromatic rings. The molecule has 48 heavy (non-hydrogen) atoms. The summed E-state index contributed by atoms with van der Waals surface area (Å²) in [7, 11) is -4.20. The second-order valence-corrected chi connectivity index (χ2v) is 14.3. The molecule has 8 nitrogen and oxygen atoms in total. The molecule has 5 rings (SSSR count). The third-order valence-corrected chi connectivity index (χ3v) is 10.5. The van der Waals surface area contributed by atoms with Crippen LogP contribution in [-0.4, -0.2) is 50.4 Å². The standard InChI is InChI=1S/C39H45N3O5S/c1-4-47-35-21-23-36(24-22-35)48(45,46)42(34-19-17-29(2)18-20-34)28-38(43)41(27-32-14-10-11-30(3)25-32)37(26-31-12-6-5-7-13-31)39(44)40-33-15-8-9-16-33/h5-7,10-14,17-25,33,37H,4,8-9,15-16,26-28H2,1-3H3,(H,40,44)/t37-/m0/s1. The average molecular weight is 668 g/mol. The van der Waals surface area contributed by atoms with Crippen molar-refractivity contribution in [3.8, 4) is 5.75 Å². The van der Waals surface area contributed by atoms with Crippen molar-refractivity contribution in [2.24, 2.45) is 0 Å². The number of ether oxygens (including phenoxy) is 1. The van der Waals surface area contributed by atoms with Gasteiger partial charge in [0, 0.05) is 19.0 Å². The summed E-state index contributed by atoms with van der Waals surface area (Å²) in [5.74, 6) is -0.159. The normalized spacial score (nSPS) is 13.9. The van der Waals surface area contributed by atoms with E-state index >= 15 is 0 Å². The van der Waals surface area contributed by atoms with Gasteiger partial charge in [-0.05, 0) is 81.1 Å². The lowest BCUT2D eigenvalue weighted by Crippen LogP contribution is -2.54. The Kier molecular flexibility index (Phi) is 11.5. The highest BCUT2D eigenvalue weighted by Gasteiger charge is 2.35. The molecule has 0 unspecified atom stereocenters. The van der Waals surface area contributed by atoms with Crippen molar-refractivity contribution in [3.63, 3.8) is 0 Å². The van der Waals surface area contributed by atoms with Gasteiger partial charge < -0.3 is 15.0 Å². The van der Waals surface area contributed by atoms with Crippen LogP contribution in [0.5, 0.6) is 5.75 Å². The second kappa shape index (κ2) is 16.0. The highest BCUT2D eigenvalue weighted by atomic mass is 32.2. The first-order chi connectivity index (χ1) is 23.1. The summed E-state index contributed by atoms with van der Waals surface area (Å²) in [4.78, 5) is 30.4. The number of benzene rings is 4. The molecule has 0 spiro atoms. The smallest absolute Gasteiger partial charge is 0.264 e. The molecule has 1 N–H and O–H groups in total.